The minimum Gasteiger partial charge on any atom is -0.478 e. The van der Waals surface area contributed by atoms with E-state index in [2.05, 4.69) is 13.8 Å². The van der Waals surface area contributed by atoms with Crippen molar-refractivity contribution < 1.29 is 19.2 Å². The molecule has 0 aromatic heterocycles. The zero-order chi connectivity index (χ0) is 13.3. The molecule has 1 saturated heterocycles. The Morgan fingerprint density at radius 3 is 2.50 bits per heavy atom. The number of hydrogen-bond acceptors (Lipinski definition) is 3. The second-order valence-corrected chi connectivity index (χ2v) is 5.44. The summed E-state index contributed by atoms with van der Waals surface area (Å²) in [5.41, 5.74) is 1.80. The first-order valence-electron chi connectivity index (χ1n) is 5.97. The molecule has 18 heavy (non-hydrogen) atoms. The van der Waals surface area contributed by atoms with Crippen molar-refractivity contribution in [1.82, 2.24) is 0 Å². The lowest BCUT2D eigenvalue weighted by atomic mass is 9.72. The van der Waals surface area contributed by atoms with Crippen molar-refractivity contribution in [2.45, 2.75) is 20.8 Å². The van der Waals surface area contributed by atoms with Gasteiger partial charge in [0.2, 0.25) is 0 Å². The molecule has 1 aromatic rings. The zero-order valence-corrected chi connectivity index (χ0v) is 10.9. The Kier molecular flexibility index (Phi) is 3.46. The third kappa shape index (κ3) is 2.57. The van der Waals surface area contributed by atoms with E-state index in [-0.39, 0.29) is 5.41 Å². The van der Waals surface area contributed by atoms with Crippen molar-refractivity contribution in [2.75, 3.05) is 13.2 Å². The van der Waals surface area contributed by atoms with E-state index >= 15 is 0 Å². The molecule has 4 nitrogen and oxygen atoms in total. The molecule has 1 heterocycles. The summed E-state index contributed by atoms with van der Waals surface area (Å²) in [6, 6.07) is 5.16. The lowest BCUT2D eigenvalue weighted by Gasteiger charge is -2.33. The second-order valence-electron chi connectivity index (χ2n) is 5.44. The molecule has 0 radical (unpaired) electrons. The molecule has 1 aromatic carbocycles. The molecule has 1 aliphatic heterocycles. The summed E-state index contributed by atoms with van der Waals surface area (Å²) in [6.45, 7) is 7.14. The van der Waals surface area contributed by atoms with Crippen molar-refractivity contribution in [2.24, 2.45) is 5.41 Å². The number of benzene rings is 1. The topological polar surface area (TPSA) is 55.8 Å². The van der Waals surface area contributed by atoms with Crippen LogP contribution in [-0.4, -0.2) is 31.4 Å². The number of rotatable bonds is 2. The maximum Gasteiger partial charge on any atom is 0.494 e. The number of carboxylic acids is 1. The highest BCUT2D eigenvalue weighted by Crippen LogP contribution is 2.22. The van der Waals surface area contributed by atoms with Crippen LogP contribution in [0, 0.1) is 12.3 Å². The van der Waals surface area contributed by atoms with E-state index < -0.39 is 13.1 Å². The van der Waals surface area contributed by atoms with Gasteiger partial charge >= 0.3 is 13.1 Å². The van der Waals surface area contributed by atoms with Crippen molar-refractivity contribution in [3.8, 4) is 0 Å². The van der Waals surface area contributed by atoms with Crippen LogP contribution in [0.1, 0.15) is 29.8 Å². The molecule has 1 N–H and O–H groups in total. The lowest BCUT2D eigenvalue weighted by Crippen LogP contribution is -2.48. The molecule has 5 heteroatoms. The molecule has 0 unspecified atom stereocenters. The van der Waals surface area contributed by atoms with Crippen LogP contribution < -0.4 is 5.46 Å². The number of carbonyl (C=O) groups is 1. The monoisotopic (exact) mass is 248 g/mol. The largest absolute Gasteiger partial charge is 0.494 e. The van der Waals surface area contributed by atoms with E-state index in [1.54, 1.807) is 19.1 Å². The minimum absolute atomic E-state index is 0.00874. The molecule has 0 saturated carbocycles. The van der Waals surface area contributed by atoms with E-state index in [9.17, 15) is 4.79 Å². The van der Waals surface area contributed by atoms with Crippen LogP contribution >= 0.6 is 0 Å². The molecule has 96 valence electrons. The van der Waals surface area contributed by atoms with Crippen LogP contribution in [0.15, 0.2) is 18.2 Å². The van der Waals surface area contributed by atoms with Crippen molar-refractivity contribution >= 4 is 18.6 Å². The van der Waals surface area contributed by atoms with Crippen LogP contribution in [0.4, 0.5) is 0 Å². The third-order valence-electron chi connectivity index (χ3n) is 3.11. The normalized spacial score (nSPS) is 18.7. The van der Waals surface area contributed by atoms with Gasteiger partial charge in [0, 0.05) is 18.6 Å². The Morgan fingerprint density at radius 2 is 1.94 bits per heavy atom. The first kappa shape index (κ1) is 13.1. The molecular weight excluding hydrogens is 231 g/mol. The molecule has 2 rings (SSSR count). The van der Waals surface area contributed by atoms with Crippen LogP contribution in [-0.2, 0) is 9.31 Å². The summed E-state index contributed by atoms with van der Waals surface area (Å²) in [4.78, 5) is 11.1. The standard InChI is InChI=1S/C13H17BO4/c1-9-10(12(15)16)5-4-6-11(9)14-17-7-13(2,3)8-18-14/h4-6H,7-8H2,1-3H3,(H,15,16). The molecule has 1 fully saturated rings. The molecular formula is C13H17BO4. The first-order chi connectivity index (χ1) is 8.41. The predicted octanol–water partition coefficient (Wildman–Crippen LogP) is 1.46. The van der Waals surface area contributed by atoms with Crippen molar-refractivity contribution in [3.05, 3.63) is 29.3 Å². The maximum atomic E-state index is 11.1. The molecule has 0 amide bonds. The van der Waals surface area contributed by atoms with Gasteiger partial charge in [0.15, 0.2) is 0 Å². The Bertz CT molecular complexity index is 460. The number of aromatic carboxylic acids is 1. The van der Waals surface area contributed by atoms with Gasteiger partial charge in [-0.1, -0.05) is 26.0 Å². The average molecular weight is 248 g/mol. The highest BCUT2D eigenvalue weighted by Gasteiger charge is 2.34. The Labute approximate surface area is 107 Å². The van der Waals surface area contributed by atoms with Crippen molar-refractivity contribution in [1.29, 1.82) is 0 Å². The van der Waals surface area contributed by atoms with E-state index in [0.29, 0.717) is 24.3 Å². The van der Waals surface area contributed by atoms with Gasteiger partial charge in [-0.2, -0.15) is 0 Å². The smallest absolute Gasteiger partial charge is 0.478 e. The Balaban J connectivity index is 2.25. The van der Waals surface area contributed by atoms with Gasteiger partial charge in [0.25, 0.3) is 0 Å². The number of carboxylic acid groups (broad SMARTS) is 1. The van der Waals surface area contributed by atoms with Gasteiger partial charge in [0.1, 0.15) is 0 Å². The Hall–Kier alpha value is -1.33. The summed E-state index contributed by atoms with van der Waals surface area (Å²) >= 11 is 0. The van der Waals surface area contributed by atoms with Gasteiger partial charge < -0.3 is 14.4 Å². The van der Waals surface area contributed by atoms with Gasteiger partial charge in [-0.05, 0) is 24.0 Å². The van der Waals surface area contributed by atoms with Crippen LogP contribution in [0.3, 0.4) is 0 Å². The summed E-state index contributed by atoms with van der Waals surface area (Å²) in [5, 5.41) is 9.09. The summed E-state index contributed by atoms with van der Waals surface area (Å²) < 4.78 is 11.4. The van der Waals surface area contributed by atoms with E-state index in [0.717, 1.165) is 5.46 Å². The van der Waals surface area contributed by atoms with Gasteiger partial charge in [-0.25, -0.2) is 4.79 Å². The quantitative estimate of drug-likeness (QED) is 0.805. The highest BCUT2D eigenvalue weighted by molar-refractivity contribution is 6.62. The van der Waals surface area contributed by atoms with Gasteiger partial charge in [-0.15, -0.1) is 0 Å². The summed E-state index contributed by atoms with van der Waals surface area (Å²) in [5.74, 6) is -0.925. The molecule has 0 aliphatic carbocycles. The fourth-order valence-corrected chi connectivity index (χ4v) is 2.01. The zero-order valence-electron chi connectivity index (χ0n) is 10.9. The third-order valence-corrected chi connectivity index (χ3v) is 3.11. The summed E-state index contributed by atoms with van der Waals surface area (Å²) in [7, 11) is -0.461. The molecule has 0 atom stereocenters. The molecule has 0 spiro atoms. The van der Waals surface area contributed by atoms with Gasteiger partial charge in [0.05, 0.1) is 5.56 Å². The van der Waals surface area contributed by atoms with Crippen molar-refractivity contribution in [3.63, 3.8) is 0 Å². The van der Waals surface area contributed by atoms with E-state index in [4.69, 9.17) is 14.4 Å². The van der Waals surface area contributed by atoms with Gasteiger partial charge in [-0.3, -0.25) is 0 Å². The second kappa shape index (κ2) is 4.74. The molecule has 0 bridgehead atoms. The highest BCUT2D eigenvalue weighted by atomic mass is 16.6. The molecule has 1 aliphatic rings. The fourth-order valence-electron chi connectivity index (χ4n) is 2.01. The SMILES string of the molecule is Cc1c(B2OCC(C)(C)CO2)cccc1C(=O)O. The predicted molar refractivity (Wildman–Crippen MR) is 69.2 cm³/mol. The fraction of sp³-hybridized carbons (Fsp3) is 0.462. The lowest BCUT2D eigenvalue weighted by molar-refractivity contribution is 0.0342. The van der Waals surface area contributed by atoms with Crippen LogP contribution in [0.2, 0.25) is 0 Å². The average Bonchev–Trinajstić information content (AvgIpc) is 2.29. The van der Waals surface area contributed by atoms with Crippen LogP contribution in [0.5, 0.6) is 0 Å². The van der Waals surface area contributed by atoms with E-state index in [1.165, 1.54) is 0 Å². The summed E-state index contributed by atoms with van der Waals surface area (Å²) in [6.07, 6.45) is 0. The number of hydrogen-bond donors (Lipinski definition) is 1. The van der Waals surface area contributed by atoms with Crippen LogP contribution in [0.25, 0.3) is 0 Å². The maximum absolute atomic E-state index is 11.1. The van der Waals surface area contributed by atoms with E-state index in [1.807, 2.05) is 6.07 Å². The first-order valence-corrected chi connectivity index (χ1v) is 5.97. The Morgan fingerprint density at radius 1 is 1.33 bits per heavy atom. The minimum atomic E-state index is -0.925.